The van der Waals surface area contributed by atoms with Crippen LogP contribution in [0.25, 0.3) is 0 Å². The molecule has 1 heterocycles. The zero-order chi connectivity index (χ0) is 13.0. The highest BCUT2D eigenvalue weighted by Gasteiger charge is 2.10. The average Bonchev–Trinajstić information content (AvgIpc) is 2.24. The third kappa shape index (κ3) is 4.28. The molecule has 4 N–H and O–H groups in total. The molecule has 96 valence electrons. The smallest absolute Gasteiger partial charge is 0.223 e. The molecule has 0 aliphatic rings. The second-order valence-corrected chi connectivity index (χ2v) is 4.70. The van der Waals surface area contributed by atoms with E-state index in [2.05, 4.69) is 29.1 Å². The van der Waals surface area contributed by atoms with Gasteiger partial charge in [0.1, 0.15) is 0 Å². The molecule has 0 aliphatic heterocycles. The van der Waals surface area contributed by atoms with Crippen molar-refractivity contribution in [3.05, 3.63) is 17.5 Å². The highest BCUT2D eigenvalue weighted by atomic mass is 16.3. The summed E-state index contributed by atoms with van der Waals surface area (Å²) in [6, 6.07) is 1.66. The lowest BCUT2D eigenvalue weighted by Gasteiger charge is -2.16. The lowest BCUT2D eigenvalue weighted by Crippen LogP contribution is -2.39. The number of anilines is 1. The molecule has 0 aromatic carbocycles. The van der Waals surface area contributed by atoms with Crippen molar-refractivity contribution in [3.63, 3.8) is 0 Å². The number of aliphatic hydroxyl groups excluding tert-OH is 1. The zero-order valence-electron chi connectivity index (χ0n) is 10.9. The maximum Gasteiger partial charge on any atom is 0.223 e. The Kier molecular flexibility index (Phi) is 4.84. The number of aliphatic hydroxyl groups is 1. The monoisotopic (exact) mass is 238 g/mol. The van der Waals surface area contributed by atoms with E-state index in [0.29, 0.717) is 18.4 Å². The molecule has 0 spiro atoms. The number of nitrogens with two attached hydrogens (primary N) is 1. The van der Waals surface area contributed by atoms with Crippen LogP contribution < -0.4 is 11.1 Å². The molecule has 1 rings (SSSR count). The van der Waals surface area contributed by atoms with Gasteiger partial charge in [0.15, 0.2) is 0 Å². The van der Waals surface area contributed by atoms with Gasteiger partial charge in [-0.25, -0.2) is 9.97 Å². The van der Waals surface area contributed by atoms with Gasteiger partial charge in [0.05, 0.1) is 6.10 Å². The van der Waals surface area contributed by atoms with Crippen LogP contribution in [0.2, 0.25) is 0 Å². The van der Waals surface area contributed by atoms with E-state index in [4.69, 9.17) is 5.73 Å². The van der Waals surface area contributed by atoms with Crippen molar-refractivity contribution in [1.29, 1.82) is 0 Å². The number of hydrogen-bond donors (Lipinski definition) is 3. The SMILES string of the molecule is Cc1cc(C(C)C)nc(NCC(N)C(C)O)n1. The van der Waals surface area contributed by atoms with E-state index in [9.17, 15) is 5.11 Å². The third-order valence-electron chi connectivity index (χ3n) is 2.58. The van der Waals surface area contributed by atoms with Crippen molar-refractivity contribution in [2.75, 3.05) is 11.9 Å². The molecule has 1 aromatic rings. The van der Waals surface area contributed by atoms with Gasteiger partial charge in [-0.05, 0) is 25.8 Å². The molecule has 1 aromatic heterocycles. The summed E-state index contributed by atoms with van der Waals surface area (Å²) in [5, 5.41) is 12.3. The van der Waals surface area contributed by atoms with Crippen LogP contribution in [0.1, 0.15) is 38.1 Å². The van der Waals surface area contributed by atoms with Crippen LogP contribution in [0.3, 0.4) is 0 Å². The van der Waals surface area contributed by atoms with Crippen LogP contribution in [-0.2, 0) is 0 Å². The average molecular weight is 238 g/mol. The van der Waals surface area contributed by atoms with Gasteiger partial charge in [-0.15, -0.1) is 0 Å². The Labute approximate surface area is 102 Å². The van der Waals surface area contributed by atoms with Crippen molar-refractivity contribution < 1.29 is 5.11 Å². The first-order valence-corrected chi connectivity index (χ1v) is 5.93. The van der Waals surface area contributed by atoms with E-state index in [1.807, 2.05) is 13.0 Å². The molecule has 0 saturated carbocycles. The molecule has 0 bridgehead atoms. The minimum absolute atomic E-state index is 0.318. The van der Waals surface area contributed by atoms with Crippen LogP contribution in [0.5, 0.6) is 0 Å². The van der Waals surface area contributed by atoms with Crippen LogP contribution in [0.15, 0.2) is 6.07 Å². The summed E-state index contributed by atoms with van der Waals surface area (Å²) in [7, 11) is 0. The number of nitrogens with one attached hydrogen (secondary N) is 1. The van der Waals surface area contributed by atoms with Crippen molar-refractivity contribution in [2.45, 2.75) is 45.8 Å². The lowest BCUT2D eigenvalue weighted by atomic mass is 10.1. The molecule has 2 atom stereocenters. The van der Waals surface area contributed by atoms with Crippen molar-refractivity contribution in [3.8, 4) is 0 Å². The van der Waals surface area contributed by atoms with Gasteiger partial charge < -0.3 is 16.2 Å². The minimum Gasteiger partial charge on any atom is -0.392 e. The first-order valence-electron chi connectivity index (χ1n) is 5.93. The van der Waals surface area contributed by atoms with Gasteiger partial charge in [0.2, 0.25) is 5.95 Å². The summed E-state index contributed by atoms with van der Waals surface area (Å²) in [4.78, 5) is 8.69. The number of aryl methyl sites for hydroxylation is 1. The molecule has 0 saturated heterocycles. The largest absolute Gasteiger partial charge is 0.392 e. The molecule has 2 unspecified atom stereocenters. The molecule has 0 radical (unpaired) electrons. The molecular weight excluding hydrogens is 216 g/mol. The molecule has 0 fully saturated rings. The van der Waals surface area contributed by atoms with Gasteiger partial charge in [0.25, 0.3) is 0 Å². The second-order valence-electron chi connectivity index (χ2n) is 4.70. The Morgan fingerprint density at radius 2 is 2.00 bits per heavy atom. The maximum absolute atomic E-state index is 9.29. The number of nitrogens with zero attached hydrogens (tertiary/aromatic N) is 2. The second kappa shape index (κ2) is 5.93. The zero-order valence-corrected chi connectivity index (χ0v) is 10.9. The summed E-state index contributed by atoms with van der Waals surface area (Å²) in [5.74, 6) is 0.937. The van der Waals surface area contributed by atoms with Crippen LogP contribution in [0, 0.1) is 6.92 Å². The number of rotatable bonds is 5. The number of hydrogen-bond acceptors (Lipinski definition) is 5. The summed E-state index contributed by atoms with van der Waals surface area (Å²) < 4.78 is 0. The van der Waals surface area contributed by atoms with Crippen LogP contribution >= 0.6 is 0 Å². The summed E-state index contributed by atoms with van der Waals surface area (Å²) in [6.07, 6.45) is -0.545. The van der Waals surface area contributed by atoms with Crippen molar-refractivity contribution in [1.82, 2.24) is 9.97 Å². The van der Waals surface area contributed by atoms with Crippen molar-refractivity contribution in [2.24, 2.45) is 5.73 Å². The first kappa shape index (κ1) is 13.9. The third-order valence-corrected chi connectivity index (χ3v) is 2.58. The topological polar surface area (TPSA) is 84.1 Å². The number of aromatic nitrogens is 2. The fraction of sp³-hybridized carbons (Fsp3) is 0.667. The van der Waals surface area contributed by atoms with E-state index in [1.54, 1.807) is 6.92 Å². The predicted molar refractivity (Wildman–Crippen MR) is 69.0 cm³/mol. The van der Waals surface area contributed by atoms with E-state index in [1.165, 1.54) is 0 Å². The van der Waals surface area contributed by atoms with Crippen LogP contribution in [-0.4, -0.2) is 33.8 Å². The summed E-state index contributed by atoms with van der Waals surface area (Å²) >= 11 is 0. The van der Waals surface area contributed by atoms with Gasteiger partial charge in [-0.3, -0.25) is 0 Å². The lowest BCUT2D eigenvalue weighted by molar-refractivity contribution is 0.168. The fourth-order valence-corrected chi connectivity index (χ4v) is 1.35. The molecule has 17 heavy (non-hydrogen) atoms. The summed E-state index contributed by atoms with van der Waals surface area (Å²) in [6.45, 7) is 8.25. The van der Waals surface area contributed by atoms with Gasteiger partial charge in [0, 0.05) is 24.0 Å². The van der Waals surface area contributed by atoms with Crippen LogP contribution in [0.4, 0.5) is 5.95 Å². The fourth-order valence-electron chi connectivity index (χ4n) is 1.35. The van der Waals surface area contributed by atoms with Gasteiger partial charge >= 0.3 is 0 Å². The van der Waals surface area contributed by atoms with Gasteiger partial charge in [-0.2, -0.15) is 0 Å². The maximum atomic E-state index is 9.29. The molecule has 5 nitrogen and oxygen atoms in total. The Morgan fingerprint density at radius 1 is 1.35 bits per heavy atom. The highest BCUT2D eigenvalue weighted by molar-refractivity contribution is 5.29. The van der Waals surface area contributed by atoms with E-state index in [0.717, 1.165) is 11.4 Å². The quantitative estimate of drug-likeness (QED) is 0.713. The highest BCUT2D eigenvalue weighted by Crippen LogP contribution is 2.14. The molecule has 5 heteroatoms. The standard InChI is InChI=1S/C12H22N4O/c1-7(2)11-5-8(3)15-12(16-11)14-6-10(13)9(4)17/h5,7,9-10,17H,6,13H2,1-4H3,(H,14,15,16). The van der Waals surface area contributed by atoms with E-state index in [-0.39, 0.29) is 6.04 Å². The predicted octanol–water partition coefficient (Wildman–Crippen LogP) is 1.03. The molecule has 0 amide bonds. The summed E-state index contributed by atoms with van der Waals surface area (Å²) in [5.41, 5.74) is 7.66. The Hall–Kier alpha value is -1.20. The van der Waals surface area contributed by atoms with E-state index >= 15 is 0 Å². The molecule has 0 aliphatic carbocycles. The normalized spacial score (nSPS) is 14.8. The van der Waals surface area contributed by atoms with E-state index < -0.39 is 6.10 Å². The Balaban J connectivity index is 2.71. The first-order chi connectivity index (χ1) is 7.90. The Bertz CT molecular complexity index is 366. The molecular formula is C12H22N4O. The van der Waals surface area contributed by atoms with Crippen molar-refractivity contribution >= 4 is 5.95 Å². The minimum atomic E-state index is -0.545. The Morgan fingerprint density at radius 3 is 2.53 bits per heavy atom. The van der Waals surface area contributed by atoms with Gasteiger partial charge in [-0.1, -0.05) is 13.8 Å².